The number of anilines is 1. The molecule has 0 spiro atoms. The van der Waals surface area contributed by atoms with Crippen molar-refractivity contribution in [3.05, 3.63) is 59.7 Å². The van der Waals surface area contributed by atoms with Gasteiger partial charge in [0.2, 0.25) is 5.91 Å². The normalized spacial score (nSPS) is 11.6. The van der Waals surface area contributed by atoms with Crippen LogP contribution < -0.4 is 10.1 Å². The molecule has 0 bridgehead atoms. The van der Waals surface area contributed by atoms with E-state index in [9.17, 15) is 9.59 Å². The Morgan fingerprint density at radius 3 is 2.12 bits per heavy atom. The van der Waals surface area contributed by atoms with E-state index >= 15 is 0 Å². The minimum Gasteiger partial charge on any atom is -0.426 e. The third-order valence-electron chi connectivity index (χ3n) is 3.37. The predicted molar refractivity (Wildman–Crippen MR) is 98.5 cm³/mol. The van der Waals surface area contributed by atoms with Crippen LogP contribution in [0.5, 0.6) is 5.75 Å². The van der Waals surface area contributed by atoms with Gasteiger partial charge in [-0.25, -0.2) is 0 Å². The molecule has 2 aromatic carbocycles. The van der Waals surface area contributed by atoms with E-state index in [1.165, 1.54) is 11.8 Å². The molecule has 126 valence electrons. The van der Waals surface area contributed by atoms with Gasteiger partial charge in [-0.3, -0.25) is 9.59 Å². The summed E-state index contributed by atoms with van der Waals surface area (Å²) in [7, 11) is 0. The Balaban J connectivity index is 1.77. The van der Waals surface area contributed by atoms with Gasteiger partial charge in [0, 0.05) is 5.69 Å². The highest BCUT2D eigenvalue weighted by Gasteiger charge is 2.17. The third-order valence-corrected chi connectivity index (χ3v) is 4.49. The molecule has 0 heterocycles. The van der Waals surface area contributed by atoms with Crippen LogP contribution in [0, 0.1) is 13.8 Å². The molecule has 24 heavy (non-hydrogen) atoms. The van der Waals surface area contributed by atoms with E-state index in [0.29, 0.717) is 5.75 Å². The minimum absolute atomic E-state index is 0.140. The number of thioether (sulfide) groups is 1. The number of hydrogen-bond acceptors (Lipinski definition) is 4. The number of nitrogens with one attached hydrogen (secondary N) is 1. The fourth-order valence-corrected chi connectivity index (χ4v) is 2.57. The van der Waals surface area contributed by atoms with Crippen LogP contribution in [0.1, 0.15) is 18.1 Å². The van der Waals surface area contributed by atoms with E-state index in [0.717, 1.165) is 16.8 Å². The van der Waals surface area contributed by atoms with Crippen molar-refractivity contribution < 1.29 is 14.3 Å². The van der Waals surface area contributed by atoms with Crippen LogP contribution in [0.3, 0.4) is 0 Å². The van der Waals surface area contributed by atoms with Crippen LogP contribution in [0.2, 0.25) is 0 Å². The first-order chi connectivity index (χ1) is 11.4. The summed E-state index contributed by atoms with van der Waals surface area (Å²) >= 11 is 1.25. The highest BCUT2D eigenvalue weighted by molar-refractivity contribution is 8.01. The topological polar surface area (TPSA) is 55.4 Å². The number of amides is 1. The quantitative estimate of drug-likeness (QED) is 0.637. The summed E-state index contributed by atoms with van der Waals surface area (Å²) < 4.78 is 5.30. The number of rotatable bonds is 6. The molecule has 0 aliphatic carbocycles. The second-order valence-electron chi connectivity index (χ2n) is 5.60. The second kappa shape index (κ2) is 8.55. The standard InChI is InChI=1S/C19H21NO3S/c1-13-4-8-16(9-5-13)20-18(21)12-24-15(3)19(22)23-17-10-6-14(2)7-11-17/h4-11,15H,12H2,1-3H3,(H,20,21). The van der Waals surface area contributed by atoms with Crippen molar-refractivity contribution in [2.45, 2.75) is 26.0 Å². The maximum atomic E-state index is 12.0. The molecule has 1 unspecified atom stereocenters. The molecule has 0 aromatic heterocycles. The minimum atomic E-state index is -0.421. The van der Waals surface area contributed by atoms with Gasteiger partial charge in [-0.15, -0.1) is 11.8 Å². The summed E-state index contributed by atoms with van der Waals surface area (Å²) in [5.41, 5.74) is 2.99. The molecule has 1 N–H and O–H groups in total. The van der Waals surface area contributed by atoms with Gasteiger partial charge in [0.25, 0.3) is 0 Å². The number of benzene rings is 2. The first-order valence-electron chi connectivity index (χ1n) is 7.70. The largest absolute Gasteiger partial charge is 0.426 e. The van der Waals surface area contributed by atoms with Gasteiger partial charge in [-0.1, -0.05) is 35.4 Å². The van der Waals surface area contributed by atoms with Crippen molar-refractivity contribution >= 4 is 29.3 Å². The van der Waals surface area contributed by atoms with Crippen LogP contribution >= 0.6 is 11.8 Å². The predicted octanol–water partition coefficient (Wildman–Crippen LogP) is 3.97. The van der Waals surface area contributed by atoms with Gasteiger partial charge in [0.1, 0.15) is 11.0 Å². The summed E-state index contributed by atoms with van der Waals surface area (Å²) in [6.07, 6.45) is 0. The zero-order valence-electron chi connectivity index (χ0n) is 14.0. The van der Waals surface area contributed by atoms with Gasteiger partial charge in [0.15, 0.2) is 0 Å². The molecule has 0 saturated carbocycles. The number of aryl methyl sites for hydroxylation is 2. The van der Waals surface area contributed by atoms with Crippen molar-refractivity contribution in [2.24, 2.45) is 0 Å². The number of carbonyl (C=O) groups excluding carboxylic acids is 2. The summed E-state index contributed by atoms with van der Waals surface area (Å²) in [5.74, 6) is 0.214. The fourth-order valence-electron chi connectivity index (χ4n) is 1.91. The molecule has 0 saturated heterocycles. The van der Waals surface area contributed by atoms with Crippen molar-refractivity contribution in [3.63, 3.8) is 0 Å². The average molecular weight is 343 g/mol. The molecule has 0 aliphatic rings. The smallest absolute Gasteiger partial charge is 0.324 e. The van der Waals surface area contributed by atoms with E-state index in [-0.39, 0.29) is 17.6 Å². The zero-order valence-corrected chi connectivity index (χ0v) is 14.9. The summed E-state index contributed by atoms with van der Waals surface area (Å²) in [6.45, 7) is 5.69. The maximum absolute atomic E-state index is 12.0. The van der Waals surface area contributed by atoms with Crippen LogP contribution in [0.25, 0.3) is 0 Å². The fraction of sp³-hybridized carbons (Fsp3) is 0.263. The SMILES string of the molecule is Cc1ccc(NC(=O)CSC(C)C(=O)Oc2ccc(C)cc2)cc1. The van der Waals surface area contributed by atoms with Crippen molar-refractivity contribution in [1.29, 1.82) is 0 Å². The Bertz CT molecular complexity index is 696. The summed E-state index contributed by atoms with van der Waals surface area (Å²) in [4.78, 5) is 24.0. The van der Waals surface area contributed by atoms with E-state index in [2.05, 4.69) is 5.32 Å². The van der Waals surface area contributed by atoms with Crippen LogP contribution in [0.4, 0.5) is 5.69 Å². The molecule has 4 nitrogen and oxygen atoms in total. The van der Waals surface area contributed by atoms with E-state index < -0.39 is 5.25 Å². The van der Waals surface area contributed by atoms with E-state index in [4.69, 9.17) is 4.74 Å². The first-order valence-corrected chi connectivity index (χ1v) is 8.75. The van der Waals surface area contributed by atoms with Crippen LogP contribution in [-0.2, 0) is 9.59 Å². The molecule has 0 aliphatic heterocycles. The maximum Gasteiger partial charge on any atom is 0.324 e. The summed E-state index contributed by atoms with van der Waals surface area (Å²) in [5, 5.41) is 2.39. The number of carbonyl (C=O) groups is 2. The highest BCUT2D eigenvalue weighted by atomic mass is 32.2. The van der Waals surface area contributed by atoms with Crippen LogP contribution in [0.15, 0.2) is 48.5 Å². The third kappa shape index (κ3) is 5.74. The molecule has 2 rings (SSSR count). The Labute approximate surface area is 146 Å². The lowest BCUT2D eigenvalue weighted by Crippen LogP contribution is -2.23. The summed E-state index contributed by atoms with van der Waals surface area (Å²) in [6, 6.07) is 14.9. The Kier molecular flexibility index (Phi) is 6.44. The lowest BCUT2D eigenvalue weighted by Gasteiger charge is -2.11. The first kappa shape index (κ1) is 18.1. The van der Waals surface area contributed by atoms with Crippen molar-refractivity contribution in [2.75, 3.05) is 11.1 Å². The van der Waals surface area contributed by atoms with Gasteiger partial charge >= 0.3 is 5.97 Å². The molecule has 1 amide bonds. The zero-order chi connectivity index (χ0) is 17.5. The molecular weight excluding hydrogens is 322 g/mol. The van der Waals surface area contributed by atoms with Gasteiger partial charge in [-0.05, 0) is 45.0 Å². The van der Waals surface area contributed by atoms with Gasteiger partial charge in [0.05, 0.1) is 5.75 Å². The Morgan fingerprint density at radius 1 is 1.00 bits per heavy atom. The van der Waals surface area contributed by atoms with Crippen LogP contribution in [-0.4, -0.2) is 22.9 Å². The monoisotopic (exact) mass is 343 g/mol. The number of esters is 1. The Morgan fingerprint density at radius 2 is 1.54 bits per heavy atom. The van der Waals surface area contributed by atoms with Crippen molar-refractivity contribution in [3.8, 4) is 5.75 Å². The number of ether oxygens (including phenoxy) is 1. The molecule has 5 heteroatoms. The second-order valence-corrected chi connectivity index (χ2v) is 6.93. The molecule has 0 fully saturated rings. The molecular formula is C19H21NO3S. The van der Waals surface area contributed by atoms with E-state index in [1.807, 2.05) is 50.2 Å². The highest BCUT2D eigenvalue weighted by Crippen LogP contribution is 2.17. The number of hydrogen-bond donors (Lipinski definition) is 1. The lowest BCUT2D eigenvalue weighted by atomic mass is 10.2. The van der Waals surface area contributed by atoms with Crippen molar-refractivity contribution in [1.82, 2.24) is 0 Å². The van der Waals surface area contributed by atoms with E-state index in [1.54, 1.807) is 19.1 Å². The molecule has 0 radical (unpaired) electrons. The Hall–Kier alpha value is -2.27. The van der Waals surface area contributed by atoms with Gasteiger partial charge < -0.3 is 10.1 Å². The van der Waals surface area contributed by atoms with Gasteiger partial charge in [-0.2, -0.15) is 0 Å². The molecule has 2 aromatic rings. The lowest BCUT2D eigenvalue weighted by molar-refractivity contribution is -0.133. The molecule has 1 atom stereocenters. The average Bonchev–Trinajstić information content (AvgIpc) is 2.57.